The molecule has 0 radical (unpaired) electrons. The van der Waals surface area contributed by atoms with Gasteiger partial charge in [0.2, 0.25) is 0 Å². The Bertz CT molecular complexity index is 597. The maximum absolute atomic E-state index is 9.90. The van der Waals surface area contributed by atoms with Gasteiger partial charge < -0.3 is 9.63 Å². The van der Waals surface area contributed by atoms with E-state index in [-0.39, 0.29) is 5.75 Å². The summed E-state index contributed by atoms with van der Waals surface area (Å²) in [6.45, 7) is 2.25. The van der Waals surface area contributed by atoms with Crippen molar-refractivity contribution in [1.82, 2.24) is 10.1 Å². The van der Waals surface area contributed by atoms with Crippen LogP contribution >= 0.6 is 15.9 Å². The number of aromatic nitrogens is 2. The number of phenolic OH excluding ortho intramolecular Hbond substituents is 1. The predicted octanol–water partition coefficient (Wildman–Crippen LogP) is 4.11. The Balaban J connectivity index is 1.88. The van der Waals surface area contributed by atoms with E-state index in [4.69, 9.17) is 4.52 Å². The molecule has 1 N–H and O–H groups in total. The Kier molecular flexibility index (Phi) is 3.31. The second-order valence-corrected chi connectivity index (χ2v) is 6.15. The summed E-state index contributed by atoms with van der Waals surface area (Å²) in [5, 5.41) is 14.0. The van der Waals surface area contributed by atoms with Crippen molar-refractivity contribution in [2.75, 3.05) is 0 Å². The van der Waals surface area contributed by atoms with E-state index < -0.39 is 0 Å². The summed E-state index contributed by atoms with van der Waals surface area (Å²) < 4.78 is 6.10. The molecule has 5 heteroatoms. The number of rotatable bonds is 2. The van der Waals surface area contributed by atoms with E-state index in [1.807, 2.05) is 6.07 Å². The van der Waals surface area contributed by atoms with E-state index >= 15 is 0 Å². The first kappa shape index (κ1) is 12.7. The molecule has 1 aromatic heterocycles. The summed E-state index contributed by atoms with van der Waals surface area (Å²) in [5.74, 6) is 2.42. The molecule has 0 saturated heterocycles. The summed E-state index contributed by atoms with van der Waals surface area (Å²) in [6.07, 6.45) is 3.45. The van der Waals surface area contributed by atoms with Gasteiger partial charge in [-0.3, -0.25) is 0 Å². The summed E-state index contributed by atoms with van der Waals surface area (Å²) in [4.78, 5) is 4.43. The van der Waals surface area contributed by atoms with E-state index in [0.717, 1.165) is 29.1 Å². The average Bonchev–Trinajstić information content (AvgIpc) is 2.97. The number of hydrogen-bond donors (Lipinski definition) is 1. The molecule has 2 unspecified atom stereocenters. The van der Waals surface area contributed by atoms with Crippen LogP contribution in [-0.2, 0) is 0 Å². The summed E-state index contributed by atoms with van der Waals surface area (Å²) >= 11 is 3.31. The van der Waals surface area contributed by atoms with Crippen molar-refractivity contribution in [3.05, 3.63) is 28.5 Å². The molecule has 1 aliphatic carbocycles. The van der Waals surface area contributed by atoms with E-state index in [0.29, 0.717) is 17.4 Å². The van der Waals surface area contributed by atoms with Gasteiger partial charge in [-0.2, -0.15) is 4.98 Å². The molecule has 19 heavy (non-hydrogen) atoms. The van der Waals surface area contributed by atoms with Gasteiger partial charge in [0.05, 0.1) is 5.56 Å². The fraction of sp³-hybridized carbons (Fsp3) is 0.429. The van der Waals surface area contributed by atoms with Crippen molar-refractivity contribution in [1.29, 1.82) is 0 Å². The number of halogens is 1. The van der Waals surface area contributed by atoms with Crippen LogP contribution in [-0.4, -0.2) is 15.2 Å². The normalized spacial score (nSPS) is 22.8. The minimum Gasteiger partial charge on any atom is -0.507 e. The molecule has 0 bridgehead atoms. The highest BCUT2D eigenvalue weighted by Gasteiger charge is 2.27. The highest BCUT2D eigenvalue weighted by molar-refractivity contribution is 9.10. The van der Waals surface area contributed by atoms with Crippen LogP contribution < -0.4 is 0 Å². The third-order valence-electron chi connectivity index (χ3n) is 3.69. The van der Waals surface area contributed by atoms with Crippen molar-refractivity contribution in [2.45, 2.75) is 32.1 Å². The molecular weight excluding hydrogens is 308 g/mol. The van der Waals surface area contributed by atoms with Gasteiger partial charge in [0.25, 0.3) is 5.89 Å². The zero-order valence-corrected chi connectivity index (χ0v) is 12.2. The van der Waals surface area contributed by atoms with Gasteiger partial charge in [-0.15, -0.1) is 0 Å². The van der Waals surface area contributed by atoms with Crippen LogP contribution in [0.15, 0.2) is 27.2 Å². The molecule has 100 valence electrons. The smallest absolute Gasteiger partial charge is 0.261 e. The first-order chi connectivity index (χ1) is 9.13. The molecule has 1 aromatic carbocycles. The molecule has 4 nitrogen and oxygen atoms in total. The zero-order valence-electron chi connectivity index (χ0n) is 10.6. The molecule has 0 spiro atoms. The first-order valence-electron chi connectivity index (χ1n) is 6.46. The lowest BCUT2D eigenvalue weighted by Gasteiger charge is -2.02. The number of hydrogen-bond acceptors (Lipinski definition) is 4. The largest absolute Gasteiger partial charge is 0.507 e. The van der Waals surface area contributed by atoms with E-state index in [9.17, 15) is 5.11 Å². The van der Waals surface area contributed by atoms with Gasteiger partial charge in [0, 0.05) is 10.4 Å². The first-order valence-corrected chi connectivity index (χ1v) is 7.25. The molecule has 2 aromatic rings. The van der Waals surface area contributed by atoms with Gasteiger partial charge >= 0.3 is 0 Å². The lowest BCUT2D eigenvalue weighted by Crippen LogP contribution is -1.96. The van der Waals surface area contributed by atoms with Gasteiger partial charge in [0.15, 0.2) is 5.82 Å². The molecule has 0 amide bonds. The fourth-order valence-corrected chi connectivity index (χ4v) is 2.99. The molecule has 1 heterocycles. The number of nitrogens with zero attached hydrogens (tertiary/aromatic N) is 2. The second-order valence-electron chi connectivity index (χ2n) is 5.23. The van der Waals surface area contributed by atoms with Gasteiger partial charge in [-0.25, -0.2) is 0 Å². The van der Waals surface area contributed by atoms with Gasteiger partial charge in [-0.05, 0) is 43.4 Å². The lowest BCUT2D eigenvalue weighted by molar-refractivity contribution is 0.410. The van der Waals surface area contributed by atoms with E-state index in [1.54, 1.807) is 12.1 Å². The summed E-state index contributed by atoms with van der Waals surface area (Å²) in [7, 11) is 0. The summed E-state index contributed by atoms with van der Waals surface area (Å²) in [5.41, 5.74) is 0.577. The molecule has 2 atom stereocenters. The van der Waals surface area contributed by atoms with Crippen LogP contribution in [0.2, 0.25) is 0 Å². The van der Waals surface area contributed by atoms with Crippen LogP contribution in [0.1, 0.15) is 37.9 Å². The quantitative estimate of drug-likeness (QED) is 0.903. The van der Waals surface area contributed by atoms with Crippen LogP contribution in [0, 0.1) is 5.92 Å². The topological polar surface area (TPSA) is 59.2 Å². The third-order valence-corrected chi connectivity index (χ3v) is 4.19. The number of benzene rings is 1. The van der Waals surface area contributed by atoms with E-state index in [2.05, 4.69) is 33.0 Å². The Morgan fingerprint density at radius 3 is 2.89 bits per heavy atom. The highest BCUT2D eigenvalue weighted by Crippen LogP contribution is 2.38. The molecule has 1 saturated carbocycles. The fourth-order valence-electron chi connectivity index (χ4n) is 2.64. The van der Waals surface area contributed by atoms with Crippen LogP contribution in [0.4, 0.5) is 0 Å². The Morgan fingerprint density at radius 1 is 1.37 bits per heavy atom. The SMILES string of the molecule is CC1CCC(c2noc(-c3ccc(Br)cc3O)n2)C1. The van der Waals surface area contributed by atoms with Crippen LogP contribution in [0.25, 0.3) is 11.5 Å². The van der Waals surface area contributed by atoms with Crippen LogP contribution in [0.3, 0.4) is 0 Å². The Morgan fingerprint density at radius 2 is 2.21 bits per heavy atom. The molecule has 1 aliphatic rings. The van der Waals surface area contributed by atoms with Crippen molar-refractivity contribution in [3.63, 3.8) is 0 Å². The zero-order chi connectivity index (χ0) is 13.4. The molecule has 0 aliphatic heterocycles. The number of phenols is 1. The van der Waals surface area contributed by atoms with E-state index in [1.165, 1.54) is 6.42 Å². The van der Waals surface area contributed by atoms with Crippen LogP contribution in [0.5, 0.6) is 5.75 Å². The number of aromatic hydroxyl groups is 1. The maximum atomic E-state index is 9.90. The Hall–Kier alpha value is -1.36. The average molecular weight is 323 g/mol. The van der Waals surface area contributed by atoms with Crippen molar-refractivity contribution < 1.29 is 9.63 Å². The predicted molar refractivity (Wildman–Crippen MR) is 74.9 cm³/mol. The van der Waals surface area contributed by atoms with Crippen molar-refractivity contribution in [3.8, 4) is 17.2 Å². The third kappa shape index (κ3) is 2.52. The second kappa shape index (κ2) is 4.96. The highest BCUT2D eigenvalue weighted by atomic mass is 79.9. The standard InChI is InChI=1S/C14H15BrN2O2/c1-8-2-3-9(6-8)13-16-14(19-17-13)11-5-4-10(15)7-12(11)18/h4-5,7-9,18H,2-3,6H2,1H3. The maximum Gasteiger partial charge on any atom is 0.261 e. The monoisotopic (exact) mass is 322 g/mol. The van der Waals surface area contributed by atoms with Gasteiger partial charge in [0.1, 0.15) is 5.75 Å². The lowest BCUT2D eigenvalue weighted by atomic mass is 10.1. The van der Waals surface area contributed by atoms with Crippen molar-refractivity contribution >= 4 is 15.9 Å². The minimum absolute atomic E-state index is 0.143. The van der Waals surface area contributed by atoms with Gasteiger partial charge in [-0.1, -0.05) is 28.0 Å². The minimum atomic E-state index is 0.143. The molecule has 3 rings (SSSR count). The summed E-state index contributed by atoms with van der Waals surface area (Å²) in [6, 6.07) is 5.24. The molecular formula is C14H15BrN2O2. The Labute approximate surface area is 120 Å². The molecule has 1 fully saturated rings. The van der Waals surface area contributed by atoms with Crippen molar-refractivity contribution in [2.24, 2.45) is 5.92 Å².